The Morgan fingerprint density at radius 1 is 1.48 bits per heavy atom. The predicted molar refractivity (Wildman–Crippen MR) is 89.9 cm³/mol. The number of hydrogen-bond acceptors (Lipinski definition) is 4. The van der Waals surface area contributed by atoms with E-state index in [2.05, 4.69) is 26.6 Å². The van der Waals surface area contributed by atoms with Crippen molar-refractivity contribution in [2.24, 2.45) is 11.7 Å². The Hall–Kier alpha value is -0.630. The maximum atomic E-state index is 11.9. The molecule has 2 rings (SSSR count). The van der Waals surface area contributed by atoms with E-state index in [9.17, 15) is 9.59 Å². The number of thiophene rings is 1. The number of hydrogen-bond donors (Lipinski definition) is 3. The molecule has 8 heteroatoms. The summed E-state index contributed by atoms with van der Waals surface area (Å²) in [4.78, 5) is 24.4. The number of nitrogens with two attached hydrogens (primary N) is 1. The van der Waals surface area contributed by atoms with Crippen molar-refractivity contribution in [3.8, 4) is 0 Å². The SMILES string of the molecule is CC(NC(=O)c1ccc(Br)s1)C(=O)NCC(N)C1CC1.Cl. The van der Waals surface area contributed by atoms with Crippen LogP contribution in [0.3, 0.4) is 0 Å². The van der Waals surface area contributed by atoms with Gasteiger partial charge in [0.05, 0.1) is 8.66 Å². The van der Waals surface area contributed by atoms with Crippen molar-refractivity contribution in [1.29, 1.82) is 0 Å². The number of carbonyl (C=O) groups excluding carboxylic acids is 2. The van der Waals surface area contributed by atoms with Crippen molar-refractivity contribution in [2.45, 2.75) is 31.8 Å². The lowest BCUT2D eigenvalue weighted by molar-refractivity contribution is -0.122. The van der Waals surface area contributed by atoms with Gasteiger partial charge < -0.3 is 16.4 Å². The van der Waals surface area contributed by atoms with Gasteiger partial charge in [0.25, 0.3) is 5.91 Å². The maximum absolute atomic E-state index is 11.9. The summed E-state index contributed by atoms with van der Waals surface area (Å²) in [5.74, 6) is 0.101. The van der Waals surface area contributed by atoms with Gasteiger partial charge in [-0.05, 0) is 53.7 Å². The summed E-state index contributed by atoms with van der Waals surface area (Å²) in [6, 6.07) is 2.97. The third-order valence-electron chi connectivity index (χ3n) is 3.28. The van der Waals surface area contributed by atoms with Gasteiger partial charge in [0.15, 0.2) is 0 Å². The molecule has 1 heterocycles. The Kier molecular flexibility index (Phi) is 7.12. The molecule has 2 atom stereocenters. The number of carbonyl (C=O) groups is 2. The summed E-state index contributed by atoms with van der Waals surface area (Å²) in [5.41, 5.74) is 5.92. The lowest BCUT2D eigenvalue weighted by atomic mass is 10.2. The summed E-state index contributed by atoms with van der Waals surface area (Å²) in [5, 5.41) is 5.46. The van der Waals surface area contributed by atoms with Crippen LogP contribution in [0.5, 0.6) is 0 Å². The molecular weight excluding hydrogens is 378 g/mol. The lowest BCUT2D eigenvalue weighted by Crippen LogP contribution is -2.48. The molecule has 0 saturated heterocycles. The summed E-state index contributed by atoms with van der Waals surface area (Å²) in [7, 11) is 0. The molecule has 5 nitrogen and oxygen atoms in total. The summed E-state index contributed by atoms with van der Waals surface area (Å²) in [6.45, 7) is 2.13. The molecule has 1 fully saturated rings. The highest BCUT2D eigenvalue weighted by Gasteiger charge is 2.29. The van der Waals surface area contributed by atoms with Crippen molar-refractivity contribution in [3.05, 3.63) is 20.8 Å². The number of nitrogens with one attached hydrogen (secondary N) is 2. The largest absolute Gasteiger partial charge is 0.353 e. The predicted octanol–water partition coefficient (Wildman–Crippen LogP) is 1.90. The minimum absolute atomic E-state index is 0. The molecule has 0 bridgehead atoms. The molecule has 118 valence electrons. The first-order chi connectivity index (χ1) is 9.47. The Bertz CT molecular complexity index is 507. The maximum Gasteiger partial charge on any atom is 0.262 e. The molecule has 1 aromatic rings. The molecule has 1 aromatic heterocycles. The van der Waals surface area contributed by atoms with Crippen molar-refractivity contribution in [2.75, 3.05) is 6.54 Å². The summed E-state index contributed by atoms with van der Waals surface area (Å²) >= 11 is 4.63. The van der Waals surface area contributed by atoms with E-state index in [1.165, 1.54) is 11.3 Å². The van der Waals surface area contributed by atoms with Gasteiger partial charge in [-0.2, -0.15) is 0 Å². The van der Waals surface area contributed by atoms with Crippen LogP contribution in [0.4, 0.5) is 0 Å². The topological polar surface area (TPSA) is 84.2 Å². The summed E-state index contributed by atoms with van der Waals surface area (Å²) < 4.78 is 0.884. The Morgan fingerprint density at radius 3 is 2.67 bits per heavy atom. The van der Waals surface area contributed by atoms with E-state index >= 15 is 0 Å². The van der Waals surface area contributed by atoms with Crippen LogP contribution in [0.25, 0.3) is 0 Å². The van der Waals surface area contributed by atoms with Gasteiger partial charge >= 0.3 is 0 Å². The number of rotatable bonds is 6. The van der Waals surface area contributed by atoms with E-state index in [4.69, 9.17) is 5.73 Å². The van der Waals surface area contributed by atoms with E-state index in [0.29, 0.717) is 17.3 Å². The van der Waals surface area contributed by atoms with Crippen LogP contribution in [0.15, 0.2) is 15.9 Å². The molecule has 4 N–H and O–H groups in total. The van der Waals surface area contributed by atoms with E-state index < -0.39 is 6.04 Å². The molecule has 2 amide bonds. The monoisotopic (exact) mass is 395 g/mol. The van der Waals surface area contributed by atoms with Crippen LogP contribution >= 0.6 is 39.7 Å². The van der Waals surface area contributed by atoms with Gasteiger partial charge in [-0.25, -0.2) is 0 Å². The van der Waals surface area contributed by atoms with Gasteiger partial charge in [-0.3, -0.25) is 9.59 Å². The van der Waals surface area contributed by atoms with E-state index in [0.717, 1.165) is 16.6 Å². The molecule has 1 aliphatic rings. The highest BCUT2D eigenvalue weighted by atomic mass is 79.9. The minimum atomic E-state index is -0.574. The standard InChI is InChI=1S/C13H18BrN3O2S.ClH/c1-7(12(18)16-6-9(15)8-2-3-8)17-13(19)10-4-5-11(14)20-10;/h4-5,7-9H,2-3,6,15H2,1H3,(H,16,18)(H,17,19);1H. The molecule has 1 aliphatic carbocycles. The molecule has 0 aliphatic heterocycles. The van der Waals surface area contributed by atoms with Crippen LogP contribution in [-0.4, -0.2) is 30.4 Å². The molecular formula is C13H19BrClN3O2S. The van der Waals surface area contributed by atoms with Gasteiger partial charge in [0, 0.05) is 12.6 Å². The zero-order chi connectivity index (χ0) is 14.7. The zero-order valence-corrected chi connectivity index (χ0v) is 14.8. The van der Waals surface area contributed by atoms with E-state index in [1.807, 2.05) is 0 Å². The zero-order valence-electron chi connectivity index (χ0n) is 11.6. The third-order valence-corrected chi connectivity index (χ3v) is 4.90. The van der Waals surface area contributed by atoms with Gasteiger partial charge in [0.1, 0.15) is 6.04 Å². The Morgan fingerprint density at radius 2 is 2.14 bits per heavy atom. The second-order valence-corrected chi connectivity index (χ2v) is 7.51. The van der Waals surface area contributed by atoms with Crippen molar-refractivity contribution in [3.63, 3.8) is 0 Å². The smallest absolute Gasteiger partial charge is 0.262 e. The fraction of sp³-hybridized carbons (Fsp3) is 0.538. The number of amides is 2. The first-order valence-corrected chi connectivity index (χ1v) is 8.18. The second-order valence-electron chi connectivity index (χ2n) is 5.05. The Balaban J connectivity index is 0.00000220. The quantitative estimate of drug-likeness (QED) is 0.686. The highest BCUT2D eigenvalue weighted by molar-refractivity contribution is 9.11. The second kappa shape index (κ2) is 8.12. The van der Waals surface area contributed by atoms with E-state index in [-0.39, 0.29) is 30.3 Å². The molecule has 2 unspecified atom stereocenters. The Labute approximate surface area is 142 Å². The lowest BCUT2D eigenvalue weighted by Gasteiger charge is -2.16. The van der Waals surface area contributed by atoms with Crippen LogP contribution in [0, 0.1) is 5.92 Å². The highest BCUT2D eigenvalue weighted by Crippen LogP contribution is 2.31. The third kappa shape index (κ3) is 5.58. The molecule has 1 saturated carbocycles. The van der Waals surface area contributed by atoms with Crippen molar-refractivity contribution in [1.82, 2.24) is 10.6 Å². The fourth-order valence-electron chi connectivity index (χ4n) is 1.83. The van der Waals surface area contributed by atoms with Gasteiger partial charge in [-0.1, -0.05) is 0 Å². The minimum Gasteiger partial charge on any atom is -0.353 e. The van der Waals surface area contributed by atoms with Crippen molar-refractivity contribution < 1.29 is 9.59 Å². The molecule has 0 aromatic carbocycles. The molecule has 0 radical (unpaired) electrons. The molecule has 21 heavy (non-hydrogen) atoms. The first-order valence-electron chi connectivity index (χ1n) is 6.57. The average molecular weight is 397 g/mol. The summed E-state index contributed by atoms with van der Waals surface area (Å²) in [6.07, 6.45) is 2.30. The van der Waals surface area contributed by atoms with E-state index in [1.54, 1.807) is 19.1 Å². The number of halogens is 2. The van der Waals surface area contributed by atoms with Crippen LogP contribution in [0.1, 0.15) is 29.4 Å². The fourth-order valence-corrected chi connectivity index (χ4v) is 3.12. The van der Waals surface area contributed by atoms with Gasteiger partial charge in [0.2, 0.25) is 5.91 Å². The average Bonchev–Trinajstić information content (AvgIpc) is 3.17. The van der Waals surface area contributed by atoms with Crippen LogP contribution in [0.2, 0.25) is 0 Å². The van der Waals surface area contributed by atoms with Crippen LogP contribution in [-0.2, 0) is 4.79 Å². The van der Waals surface area contributed by atoms with Crippen LogP contribution < -0.4 is 16.4 Å². The van der Waals surface area contributed by atoms with Gasteiger partial charge in [-0.15, -0.1) is 23.7 Å². The van der Waals surface area contributed by atoms with Crippen molar-refractivity contribution >= 4 is 51.5 Å². The first kappa shape index (κ1) is 18.4. The normalized spacial score (nSPS) is 16.5. The molecule has 0 spiro atoms.